The maximum atomic E-state index is 12.0. The Morgan fingerprint density at radius 1 is 1.39 bits per heavy atom. The predicted octanol–water partition coefficient (Wildman–Crippen LogP) is -1.30. The third-order valence-electron chi connectivity index (χ3n) is 3.43. The lowest BCUT2D eigenvalue weighted by atomic mass is 10.3. The summed E-state index contributed by atoms with van der Waals surface area (Å²) in [6, 6.07) is 6.67. The Kier molecular flexibility index (Phi) is 5.53. The number of urea groups is 1. The molecule has 0 aromatic heterocycles. The molecule has 8 nitrogen and oxygen atoms in total. The summed E-state index contributed by atoms with van der Waals surface area (Å²) in [6.07, 6.45) is 0. The van der Waals surface area contributed by atoms with Gasteiger partial charge in [-0.05, 0) is 12.1 Å². The van der Waals surface area contributed by atoms with Crippen molar-refractivity contribution in [2.24, 2.45) is 0 Å². The van der Waals surface area contributed by atoms with Crippen LogP contribution < -0.4 is 20.3 Å². The number of ether oxygens (including phenoxy) is 1. The molecule has 8 heteroatoms. The SMILES string of the molecule is COc1cccc(NC(=O)C[NH+](C)CC(=O)N2CCNC2=O)c1. The number of quaternary nitrogens is 1. The van der Waals surface area contributed by atoms with Crippen LogP contribution in [0.5, 0.6) is 5.75 Å². The molecule has 1 aliphatic heterocycles. The van der Waals surface area contributed by atoms with Gasteiger partial charge in [0.1, 0.15) is 5.75 Å². The molecule has 1 aromatic rings. The molecule has 1 saturated heterocycles. The highest BCUT2D eigenvalue weighted by atomic mass is 16.5. The highest BCUT2D eigenvalue weighted by Gasteiger charge is 2.28. The average Bonchev–Trinajstić information content (AvgIpc) is 2.93. The first-order chi connectivity index (χ1) is 11.0. The fraction of sp³-hybridized carbons (Fsp3) is 0.400. The summed E-state index contributed by atoms with van der Waals surface area (Å²) in [7, 11) is 3.29. The molecule has 1 atom stereocenters. The van der Waals surface area contributed by atoms with Gasteiger partial charge in [-0.25, -0.2) is 4.79 Å². The number of nitrogens with one attached hydrogen (secondary N) is 3. The fourth-order valence-corrected chi connectivity index (χ4v) is 2.31. The smallest absolute Gasteiger partial charge is 0.324 e. The molecule has 1 unspecified atom stereocenters. The van der Waals surface area contributed by atoms with Gasteiger partial charge in [0.15, 0.2) is 13.1 Å². The van der Waals surface area contributed by atoms with E-state index in [0.29, 0.717) is 29.4 Å². The lowest BCUT2D eigenvalue weighted by Gasteiger charge is -2.17. The number of amides is 4. The van der Waals surface area contributed by atoms with Crippen LogP contribution in [0.2, 0.25) is 0 Å². The van der Waals surface area contributed by atoms with Gasteiger partial charge in [0, 0.05) is 24.8 Å². The Labute approximate surface area is 134 Å². The second kappa shape index (κ2) is 7.59. The Hall–Kier alpha value is -2.61. The third kappa shape index (κ3) is 4.68. The fourth-order valence-electron chi connectivity index (χ4n) is 2.31. The van der Waals surface area contributed by atoms with Gasteiger partial charge in [0.05, 0.1) is 14.2 Å². The Morgan fingerprint density at radius 3 is 2.83 bits per heavy atom. The van der Waals surface area contributed by atoms with Crippen molar-refractivity contribution in [3.8, 4) is 5.75 Å². The van der Waals surface area contributed by atoms with Crippen molar-refractivity contribution >= 4 is 23.5 Å². The molecule has 0 aliphatic carbocycles. The number of rotatable bonds is 6. The summed E-state index contributed by atoms with van der Waals surface area (Å²) in [4.78, 5) is 37.3. The Balaban J connectivity index is 1.82. The summed E-state index contributed by atoms with van der Waals surface area (Å²) < 4.78 is 5.09. The van der Waals surface area contributed by atoms with E-state index in [-0.39, 0.29) is 30.9 Å². The van der Waals surface area contributed by atoms with Crippen LogP contribution in [-0.4, -0.2) is 63.1 Å². The highest BCUT2D eigenvalue weighted by molar-refractivity contribution is 5.96. The average molecular weight is 321 g/mol. The second-order valence-corrected chi connectivity index (χ2v) is 5.37. The predicted molar refractivity (Wildman–Crippen MR) is 83.4 cm³/mol. The van der Waals surface area contributed by atoms with Gasteiger partial charge >= 0.3 is 6.03 Å². The number of anilines is 1. The van der Waals surface area contributed by atoms with Gasteiger partial charge in [-0.1, -0.05) is 6.07 Å². The lowest BCUT2D eigenvalue weighted by molar-refractivity contribution is -0.862. The van der Waals surface area contributed by atoms with E-state index >= 15 is 0 Å². The van der Waals surface area contributed by atoms with E-state index in [4.69, 9.17) is 4.74 Å². The van der Waals surface area contributed by atoms with Gasteiger partial charge in [-0.3, -0.25) is 14.5 Å². The van der Waals surface area contributed by atoms with Crippen molar-refractivity contribution in [3.05, 3.63) is 24.3 Å². The maximum Gasteiger partial charge on any atom is 0.324 e. The van der Waals surface area contributed by atoms with E-state index in [9.17, 15) is 14.4 Å². The molecule has 23 heavy (non-hydrogen) atoms. The van der Waals surface area contributed by atoms with Crippen LogP contribution in [0.15, 0.2) is 24.3 Å². The molecule has 1 fully saturated rings. The zero-order valence-corrected chi connectivity index (χ0v) is 13.2. The van der Waals surface area contributed by atoms with Gasteiger partial charge < -0.3 is 20.3 Å². The minimum absolute atomic E-state index is 0.0823. The molecule has 0 saturated carbocycles. The van der Waals surface area contributed by atoms with Crippen molar-refractivity contribution < 1.29 is 24.0 Å². The van der Waals surface area contributed by atoms with Crippen molar-refractivity contribution in [2.75, 3.05) is 45.7 Å². The number of hydrogen-bond donors (Lipinski definition) is 3. The van der Waals surface area contributed by atoms with Crippen LogP contribution in [0, 0.1) is 0 Å². The minimum atomic E-state index is -0.372. The molecule has 0 bridgehead atoms. The standard InChI is InChI=1S/C15H20N4O4/c1-18(10-14(21)19-7-6-16-15(19)22)9-13(20)17-11-4-3-5-12(8-11)23-2/h3-5,8H,6-7,9-10H2,1-2H3,(H,16,22)(H,17,20)/p+1. The first-order valence-corrected chi connectivity index (χ1v) is 7.33. The Bertz CT molecular complexity index is 605. The van der Waals surface area contributed by atoms with Crippen LogP contribution in [0.3, 0.4) is 0 Å². The normalized spacial score (nSPS) is 15.0. The number of carbonyl (C=O) groups is 3. The van der Waals surface area contributed by atoms with E-state index in [1.54, 1.807) is 38.4 Å². The number of carbonyl (C=O) groups excluding carboxylic acids is 3. The molecule has 2 rings (SSSR count). The Morgan fingerprint density at radius 2 is 2.17 bits per heavy atom. The zero-order chi connectivity index (χ0) is 16.8. The number of likely N-dealkylation sites (N-methyl/N-ethyl adjacent to an activating group) is 1. The summed E-state index contributed by atoms with van der Waals surface area (Å²) >= 11 is 0. The summed E-state index contributed by atoms with van der Waals surface area (Å²) in [5, 5.41) is 5.33. The number of nitrogens with zero attached hydrogens (tertiary/aromatic N) is 1. The first-order valence-electron chi connectivity index (χ1n) is 7.33. The second-order valence-electron chi connectivity index (χ2n) is 5.37. The first kappa shape index (κ1) is 16.8. The topological polar surface area (TPSA) is 92.2 Å². The quantitative estimate of drug-likeness (QED) is 0.607. The van der Waals surface area contributed by atoms with E-state index < -0.39 is 0 Å². The van der Waals surface area contributed by atoms with Crippen LogP contribution in [-0.2, 0) is 9.59 Å². The van der Waals surface area contributed by atoms with Crippen molar-refractivity contribution in [2.45, 2.75) is 0 Å². The number of imide groups is 1. The zero-order valence-electron chi connectivity index (χ0n) is 13.2. The molecule has 1 aliphatic rings. The third-order valence-corrected chi connectivity index (χ3v) is 3.43. The summed E-state index contributed by atoms with van der Waals surface area (Å²) in [5.74, 6) is 0.153. The molecule has 1 aromatic carbocycles. The van der Waals surface area contributed by atoms with E-state index in [1.807, 2.05) is 0 Å². The molecule has 4 amide bonds. The molecule has 1 heterocycles. The molecule has 3 N–H and O–H groups in total. The lowest BCUT2D eigenvalue weighted by Crippen LogP contribution is -3.11. The van der Waals surface area contributed by atoms with Crippen LogP contribution in [0.1, 0.15) is 0 Å². The van der Waals surface area contributed by atoms with Gasteiger partial charge in [-0.15, -0.1) is 0 Å². The highest BCUT2D eigenvalue weighted by Crippen LogP contribution is 2.16. The van der Waals surface area contributed by atoms with Gasteiger partial charge in [0.25, 0.3) is 11.8 Å². The van der Waals surface area contributed by atoms with Crippen LogP contribution in [0.4, 0.5) is 10.5 Å². The van der Waals surface area contributed by atoms with Crippen molar-refractivity contribution in [3.63, 3.8) is 0 Å². The van der Waals surface area contributed by atoms with Crippen molar-refractivity contribution in [1.82, 2.24) is 10.2 Å². The van der Waals surface area contributed by atoms with E-state index in [1.165, 1.54) is 4.90 Å². The molecular weight excluding hydrogens is 300 g/mol. The number of benzene rings is 1. The molecule has 0 radical (unpaired) electrons. The van der Waals surface area contributed by atoms with Gasteiger partial charge in [0.2, 0.25) is 0 Å². The summed E-state index contributed by atoms with van der Waals surface area (Å²) in [5.41, 5.74) is 0.632. The van der Waals surface area contributed by atoms with Crippen molar-refractivity contribution in [1.29, 1.82) is 0 Å². The molecule has 124 valence electrons. The van der Waals surface area contributed by atoms with Crippen LogP contribution >= 0.6 is 0 Å². The van der Waals surface area contributed by atoms with E-state index in [0.717, 1.165) is 0 Å². The minimum Gasteiger partial charge on any atom is -0.497 e. The largest absolute Gasteiger partial charge is 0.497 e. The summed E-state index contributed by atoms with van der Waals surface area (Å²) in [6.45, 7) is 1.05. The number of methoxy groups -OCH3 is 1. The maximum absolute atomic E-state index is 12.0. The molecule has 0 spiro atoms. The number of hydrogen-bond acceptors (Lipinski definition) is 4. The van der Waals surface area contributed by atoms with Crippen LogP contribution in [0.25, 0.3) is 0 Å². The molecular formula is C15H21N4O4+. The monoisotopic (exact) mass is 321 g/mol. The van der Waals surface area contributed by atoms with Gasteiger partial charge in [-0.2, -0.15) is 0 Å². The van der Waals surface area contributed by atoms with E-state index in [2.05, 4.69) is 10.6 Å².